The van der Waals surface area contributed by atoms with Crippen LogP contribution in [0.2, 0.25) is 0 Å². The van der Waals surface area contributed by atoms with E-state index >= 15 is 0 Å². The monoisotopic (exact) mass is 304 g/mol. The van der Waals surface area contributed by atoms with Crippen LogP contribution < -0.4 is 10.6 Å². The van der Waals surface area contributed by atoms with Crippen molar-refractivity contribution < 1.29 is 4.79 Å². The molecule has 0 unspecified atom stereocenters. The lowest BCUT2D eigenvalue weighted by Gasteiger charge is -2.12. The number of carbonyl (C=O) groups excluding carboxylic acids is 1. The van der Waals surface area contributed by atoms with E-state index < -0.39 is 0 Å². The van der Waals surface area contributed by atoms with Crippen LogP contribution in [0.5, 0.6) is 0 Å². The summed E-state index contributed by atoms with van der Waals surface area (Å²) in [5.74, 6) is -0.0494. The first-order chi connectivity index (χ1) is 11.1. The maximum Gasteiger partial charge on any atom is 0.243 e. The highest BCUT2D eigenvalue weighted by Gasteiger charge is 2.07. The van der Waals surface area contributed by atoms with Gasteiger partial charge in [-0.2, -0.15) is 0 Å². The molecule has 0 saturated carbocycles. The summed E-state index contributed by atoms with van der Waals surface area (Å²) in [5, 5.41) is 8.48. The van der Waals surface area contributed by atoms with Gasteiger partial charge in [-0.1, -0.05) is 48.5 Å². The number of benzene rings is 3. The molecule has 0 atom stereocenters. The van der Waals surface area contributed by atoms with E-state index in [1.807, 2.05) is 56.3 Å². The standard InChI is InChI=1S/C20H20N2O/c1-14-7-5-11-18(15(14)2)22-20(23)13-21-19-12-6-9-16-8-3-4-10-17(16)19/h3-12,21H,13H2,1-2H3,(H,22,23). The van der Waals surface area contributed by atoms with Gasteiger partial charge in [0.05, 0.1) is 6.54 Å². The third-order valence-electron chi connectivity index (χ3n) is 4.11. The average Bonchev–Trinajstić information content (AvgIpc) is 2.57. The Morgan fingerprint density at radius 2 is 1.57 bits per heavy atom. The number of fused-ring (bicyclic) bond motifs is 1. The SMILES string of the molecule is Cc1cccc(NC(=O)CNc2cccc3ccccc23)c1C. The summed E-state index contributed by atoms with van der Waals surface area (Å²) >= 11 is 0. The molecule has 3 nitrogen and oxygen atoms in total. The Kier molecular flexibility index (Phi) is 4.29. The number of nitrogens with one attached hydrogen (secondary N) is 2. The number of rotatable bonds is 4. The Morgan fingerprint density at radius 3 is 2.43 bits per heavy atom. The summed E-state index contributed by atoms with van der Waals surface area (Å²) in [5.41, 5.74) is 4.12. The fourth-order valence-corrected chi connectivity index (χ4v) is 2.64. The minimum Gasteiger partial charge on any atom is -0.376 e. The molecule has 3 aromatic carbocycles. The van der Waals surface area contributed by atoms with Crippen LogP contribution in [-0.4, -0.2) is 12.5 Å². The van der Waals surface area contributed by atoms with Crippen LogP contribution in [0.3, 0.4) is 0 Å². The van der Waals surface area contributed by atoms with Gasteiger partial charge in [-0.25, -0.2) is 0 Å². The highest BCUT2D eigenvalue weighted by Crippen LogP contribution is 2.23. The van der Waals surface area contributed by atoms with E-state index in [-0.39, 0.29) is 12.5 Å². The second-order valence-corrected chi connectivity index (χ2v) is 5.68. The van der Waals surface area contributed by atoms with Crippen LogP contribution in [0.4, 0.5) is 11.4 Å². The van der Waals surface area contributed by atoms with Crippen molar-refractivity contribution >= 4 is 28.1 Å². The van der Waals surface area contributed by atoms with E-state index in [1.165, 1.54) is 5.56 Å². The summed E-state index contributed by atoms with van der Waals surface area (Å²) in [7, 11) is 0. The molecule has 0 saturated heterocycles. The van der Waals surface area contributed by atoms with Crippen molar-refractivity contribution in [3.8, 4) is 0 Å². The number of hydrogen-bond acceptors (Lipinski definition) is 2. The predicted molar refractivity (Wildman–Crippen MR) is 97.0 cm³/mol. The lowest BCUT2D eigenvalue weighted by Crippen LogP contribution is -2.22. The first-order valence-corrected chi connectivity index (χ1v) is 7.73. The van der Waals surface area contributed by atoms with Crippen molar-refractivity contribution in [3.63, 3.8) is 0 Å². The Labute approximate surface area is 136 Å². The lowest BCUT2D eigenvalue weighted by molar-refractivity contribution is -0.114. The second kappa shape index (κ2) is 6.53. The van der Waals surface area contributed by atoms with E-state index in [9.17, 15) is 4.79 Å². The molecule has 0 aliphatic rings. The molecule has 0 aromatic heterocycles. The summed E-state index contributed by atoms with van der Waals surface area (Å²) in [4.78, 5) is 12.2. The van der Waals surface area contributed by atoms with Crippen molar-refractivity contribution in [2.45, 2.75) is 13.8 Å². The maximum atomic E-state index is 12.2. The van der Waals surface area contributed by atoms with E-state index in [1.54, 1.807) is 0 Å². The van der Waals surface area contributed by atoms with Crippen LogP contribution in [0.1, 0.15) is 11.1 Å². The Bertz CT molecular complexity index is 850. The van der Waals surface area contributed by atoms with Crippen LogP contribution in [0.15, 0.2) is 60.7 Å². The maximum absolute atomic E-state index is 12.2. The molecular weight excluding hydrogens is 284 g/mol. The number of anilines is 2. The first-order valence-electron chi connectivity index (χ1n) is 7.73. The van der Waals surface area contributed by atoms with Crippen LogP contribution in [0.25, 0.3) is 10.8 Å². The van der Waals surface area contributed by atoms with E-state index in [0.29, 0.717) is 0 Å². The van der Waals surface area contributed by atoms with Crippen LogP contribution >= 0.6 is 0 Å². The van der Waals surface area contributed by atoms with Gasteiger partial charge in [-0.15, -0.1) is 0 Å². The van der Waals surface area contributed by atoms with Gasteiger partial charge in [0.1, 0.15) is 0 Å². The molecule has 2 N–H and O–H groups in total. The summed E-state index contributed by atoms with van der Waals surface area (Å²) < 4.78 is 0. The zero-order chi connectivity index (χ0) is 16.2. The van der Waals surface area contributed by atoms with Gasteiger partial charge in [-0.3, -0.25) is 4.79 Å². The molecule has 0 bridgehead atoms. The normalized spacial score (nSPS) is 10.5. The highest BCUT2D eigenvalue weighted by atomic mass is 16.1. The summed E-state index contributed by atoms with van der Waals surface area (Å²) in [6.45, 7) is 4.30. The van der Waals surface area contributed by atoms with Crippen molar-refractivity contribution in [1.29, 1.82) is 0 Å². The smallest absolute Gasteiger partial charge is 0.243 e. The molecule has 3 rings (SSSR count). The van der Waals surface area contributed by atoms with Crippen LogP contribution in [-0.2, 0) is 4.79 Å². The van der Waals surface area contributed by atoms with E-state index in [4.69, 9.17) is 0 Å². The third kappa shape index (κ3) is 3.34. The lowest BCUT2D eigenvalue weighted by atomic mass is 10.1. The third-order valence-corrected chi connectivity index (χ3v) is 4.11. The summed E-state index contributed by atoms with van der Waals surface area (Å²) in [6, 6.07) is 20.1. The molecule has 1 amide bonds. The van der Waals surface area contributed by atoms with Crippen LogP contribution in [0, 0.1) is 13.8 Å². The first kappa shape index (κ1) is 15.1. The Morgan fingerprint density at radius 1 is 0.870 bits per heavy atom. The largest absolute Gasteiger partial charge is 0.376 e. The fourth-order valence-electron chi connectivity index (χ4n) is 2.64. The van der Waals surface area contributed by atoms with E-state index in [2.05, 4.69) is 28.8 Å². The van der Waals surface area contributed by atoms with Crippen molar-refractivity contribution in [2.75, 3.05) is 17.2 Å². The minimum absolute atomic E-state index is 0.0494. The van der Waals surface area contributed by atoms with Gasteiger partial charge >= 0.3 is 0 Å². The molecule has 23 heavy (non-hydrogen) atoms. The van der Waals surface area contributed by atoms with Gasteiger partial charge in [-0.05, 0) is 42.5 Å². The Hall–Kier alpha value is -2.81. The zero-order valence-electron chi connectivity index (χ0n) is 13.4. The molecule has 0 spiro atoms. The molecule has 0 aliphatic heterocycles. The zero-order valence-corrected chi connectivity index (χ0v) is 13.4. The van der Waals surface area contributed by atoms with Gasteiger partial charge in [0.2, 0.25) is 5.91 Å². The second-order valence-electron chi connectivity index (χ2n) is 5.68. The highest BCUT2D eigenvalue weighted by molar-refractivity contribution is 5.98. The average molecular weight is 304 g/mol. The molecule has 0 fully saturated rings. The molecular formula is C20H20N2O. The minimum atomic E-state index is -0.0494. The fraction of sp³-hybridized carbons (Fsp3) is 0.150. The topological polar surface area (TPSA) is 41.1 Å². The Balaban J connectivity index is 1.70. The molecule has 0 radical (unpaired) electrons. The molecule has 3 aromatic rings. The quantitative estimate of drug-likeness (QED) is 0.744. The van der Waals surface area contributed by atoms with E-state index in [0.717, 1.165) is 27.7 Å². The van der Waals surface area contributed by atoms with Crippen molar-refractivity contribution in [1.82, 2.24) is 0 Å². The molecule has 0 aliphatic carbocycles. The van der Waals surface area contributed by atoms with Gasteiger partial charge < -0.3 is 10.6 Å². The van der Waals surface area contributed by atoms with Gasteiger partial charge in [0, 0.05) is 16.8 Å². The molecule has 116 valence electrons. The molecule has 0 heterocycles. The number of carbonyl (C=O) groups is 1. The number of hydrogen-bond donors (Lipinski definition) is 2. The van der Waals surface area contributed by atoms with Crippen molar-refractivity contribution in [3.05, 3.63) is 71.8 Å². The number of aryl methyl sites for hydroxylation is 1. The number of amides is 1. The summed E-state index contributed by atoms with van der Waals surface area (Å²) in [6.07, 6.45) is 0. The molecule has 3 heteroatoms. The predicted octanol–water partition coefficient (Wildman–Crippen LogP) is 4.51. The van der Waals surface area contributed by atoms with Gasteiger partial charge in [0.15, 0.2) is 0 Å². The van der Waals surface area contributed by atoms with Gasteiger partial charge in [0.25, 0.3) is 0 Å². The van der Waals surface area contributed by atoms with Crippen molar-refractivity contribution in [2.24, 2.45) is 0 Å².